The summed E-state index contributed by atoms with van der Waals surface area (Å²) in [6.45, 7) is 0.619. The van der Waals surface area contributed by atoms with E-state index in [1.165, 1.54) is 6.07 Å². The number of rotatable bonds is 5. The fraction of sp³-hybridized carbons (Fsp3) is 0.0385. The predicted octanol–water partition coefficient (Wildman–Crippen LogP) is 5.02. The smallest absolute Gasteiger partial charge is 0.264 e. The van der Waals surface area contributed by atoms with Crippen molar-refractivity contribution in [2.45, 2.75) is 6.54 Å². The molecule has 0 saturated heterocycles. The van der Waals surface area contributed by atoms with Crippen molar-refractivity contribution in [1.29, 1.82) is 0 Å². The SMILES string of the molecule is O=c1ccc(-c2c(-c3ccccc3)nn(Cc3ccccc3)c2-c2ccccc2)n[nH]1. The second kappa shape index (κ2) is 8.24. The Balaban J connectivity index is 1.80. The number of nitrogens with one attached hydrogen (secondary N) is 1. The minimum atomic E-state index is -0.233. The zero-order valence-corrected chi connectivity index (χ0v) is 16.8. The summed E-state index contributed by atoms with van der Waals surface area (Å²) in [5.41, 5.74) is 6.32. The highest BCUT2D eigenvalue weighted by Gasteiger charge is 2.23. The first-order valence-electron chi connectivity index (χ1n) is 10.1. The molecule has 0 bridgehead atoms. The third kappa shape index (κ3) is 3.81. The van der Waals surface area contributed by atoms with Gasteiger partial charge in [-0.25, -0.2) is 5.10 Å². The molecule has 2 aromatic heterocycles. The Labute approximate surface area is 179 Å². The number of aromatic nitrogens is 4. The van der Waals surface area contributed by atoms with Crippen LogP contribution in [0, 0.1) is 0 Å². The van der Waals surface area contributed by atoms with Gasteiger partial charge in [0.25, 0.3) is 5.56 Å². The molecule has 0 amide bonds. The number of hydrogen-bond acceptors (Lipinski definition) is 3. The summed E-state index contributed by atoms with van der Waals surface area (Å²) in [6, 6.07) is 33.7. The first-order chi connectivity index (χ1) is 15.3. The van der Waals surface area contributed by atoms with E-state index in [9.17, 15) is 4.79 Å². The average molecular weight is 404 g/mol. The van der Waals surface area contributed by atoms with Gasteiger partial charge < -0.3 is 0 Å². The Morgan fingerprint density at radius 3 is 1.94 bits per heavy atom. The van der Waals surface area contributed by atoms with Crippen molar-refractivity contribution in [1.82, 2.24) is 20.0 Å². The van der Waals surface area contributed by atoms with Crippen LogP contribution in [0.25, 0.3) is 33.8 Å². The molecule has 2 heterocycles. The van der Waals surface area contributed by atoms with Crippen molar-refractivity contribution >= 4 is 0 Å². The van der Waals surface area contributed by atoms with Crippen molar-refractivity contribution in [3.8, 4) is 33.8 Å². The third-order valence-corrected chi connectivity index (χ3v) is 5.16. The number of hydrogen-bond donors (Lipinski definition) is 1. The Bertz CT molecular complexity index is 1340. The molecule has 0 atom stereocenters. The van der Waals surface area contributed by atoms with E-state index in [-0.39, 0.29) is 5.56 Å². The predicted molar refractivity (Wildman–Crippen MR) is 122 cm³/mol. The van der Waals surface area contributed by atoms with Crippen molar-refractivity contribution < 1.29 is 0 Å². The Morgan fingerprint density at radius 2 is 1.32 bits per heavy atom. The number of H-pyrrole nitrogens is 1. The van der Waals surface area contributed by atoms with E-state index in [2.05, 4.69) is 34.5 Å². The molecule has 0 aliphatic heterocycles. The van der Waals surface area contributed by atoms with E-state index < -0.39 is 0 Å². The molecule has 5 nitrogen and oxygen atoms in total. The second-order valence-electron chi connectivity index (χ2n) is 7.25. The summed E-state index contributed by atoms with van der Waals surface area (Å²) in [6.07, 6.45) is 0. The van der Waals surface area contributed by atoms with Crippen molar-refractivity contribution in [2.75, 3.05) is 0 Å². The van der Waals surface area contributed by atoms with E-state index in [1.54, 1.807) is 6.07 Å². The van der Waals surface area contributed by atoms with E-state index in [4.69, 9.17) is 5.10 Å². The van der Waals surface area contributed by atoms with Crippen molar-refractivity contribution in [3.05, 3.63) is 119 Å². The zero-order valence-electron chi connectivity index (χ0n) is 16.8. The van der Waals surface area contributed by atoms with Gasteiger partial charge in [-0.1, -0.05) is 91.0 Å². The molecule has 0 spiro atoms. The van der Waals surface area contributed by atoms with Gasteiger partial charge in [-0.15, -0.1) is 0 Å². The van der Waals surface area contributed by atoms with Crippen LogP contribution in [0.2, 0.25) is 0 Å². The Hall–Kier alpha value is -4.25. The quantitative estimate of drug-likeness (QED) is 0.448. The molecule has 5 heteroatoms. The summed E-state index contributed by atoms with van der Waals surface area (Å²) in [5.74, 6) is 0. The molecule has 150 valence electrons. The first kappa shape index (κ1) is 18.8. The van der Waals surface area contributed by atoms with Crippen LogP contribution in [0.1, 0.15) is 5.56 Å². The fourth-order valence-corrected chi connectivity index (χ4v) is 3.75. The molecule has 0 unspecified atom stereocenters. The number of aromatic amines is 1. The maximum absolute atomic E-state index is 11.7. The summed E-state index contributed by atoms with van der Waals surface area (Å²) in [4.78, 5) is 11.7. The second-order valence-corrected chi connectivity index (χ2v) is 7.25. The lowest BCUT2D eigenvalue weighted by atomic mass is 9.99. The molecule has 3 aromatic carbocycles. The summed E-state index contributed by atoms with van der Waals surface area (Å²) in [5, 5.41) is 12.0. The van der Waals surface area contributed by atoms with Gasteiger partial charge in [0.05, 0.1) is 23.5 Å². The summed E-state index contributed by atoms with van der Waals surface area (Å²) in [7, 11) is 0. The first-order valence-corrected chi connectivity index (χ1v) is 10.1. The summed E-state index contributed by atoms with van der Waals surface area (Å²) < 4.78 is 2.02. The molecule has 5 aromatic rings. The van der Waals surface area contributed by atoms with Crippen molar-refractivity contribution in [2.24, 2.45) is 0 Å². The molecule has 0 aliphatic rings. The van der Waals surface area contributed by atoms with Crippen LogP contribution in [-0.2, 0) is 6.54 Å². The van der Waals surface area contributed by atoms with Gasteiger partial charge >= 0.3 is 0 Å². The van der Waals surface area contributed by atoms with E-state index >= 15 is 0 Å². The minimum absolute atomic E-state index is 0.233. The molecular weight excluding hydrogens is 384 g/mol. The molecule has 0 fully saturated rings. The van der Waals surface area contributed by atoms with E-state index in [0.717, 1.165) is 33.6 Å². The van der Waals surface area contributed by atoms with Crippen LogP contribution < -0.4 is 5.56 Å². The van der Waals surface area contributed by atoms with E-state index in [1.807, 2.05) is 71.4 Å². The molecular formula is C26H20N4O. The monoisotopic (exact) mass is 404 g/mol. The van der Waals surface area contributed by atoms with Gasteiger partial charge in [-0.05, 0) is 11.6 Å². The van der Waals surface area contributed by atoms with Gasteiger partial charge in [0.1, 0.15) is 5.69 Å². The maximum Gasteiger partial charge on any atom is 0.264 e. The molecule has 0 aliphatic carbocycles. The van der Waals surface area contributed by atoms with Crippen LogP contribution in [0.3, 0.4) is 0 Å². The van der Waals surface area contributed by atoms with Gasteiger partial charge in [0.2, 0.25) is 0 Å². The lowest BCUT2D eigenvalue weighted by Gasteiger charge is -2.10. The number of benzene rings is 3. The van der Waals surface area contributed by atoms with Crippen LogP contribution >= 0.6 is 0 Å². The average Bonchev–Trinajstić information content (AvgIpc) is 3.20. The van der Waals surface area contributed by atoms with Gasteiger partial charge in [0.15, 0.2) is 0 Å². The topological polar surface area (TPSA) is 63.6 Å². The lowest BCUT2D eigenvalue weighted by Crippen LogP contribution is -2.06. The van der Waals surface area contributed by atoms with Gasteiger partial charge in [0, 0.05) is 17.2 Å². The van der Waals surface area contributed by atoms with E-state index in [0.29, 0.717) is 12.2 Å². The van der Waals surface area contributed by atoms with Gasteiger partial charge in [-0.2, -0.15) is 10.2 Å². The fourth-order valence-electron chi connectivity index (χ4n) is 3.75. The minimum Gasteiger partial charge on any atom is -0.268 e. The molecule has 31 heavy (non-hydrogen) atoms. The highest BCUT2D eigenvalue weighted by molar-refractivity contribution is 5.90. The molecule has 0 radical (unpaired) electrons. The molecule has 0 saturated carbocycles. The Kier molecular flexibility index (Phi) is 4.99. The third-order valence-electron chi connectivity index (χ3n) is 5.16. The highest BCUT2D eigenvalue weighted by atomic mass is 16.1. The zero-order chi connectivity index (χ0) is 21.0. The summed E-state index contributed by atoms with van der Waals surface area (Å²) >= 11 is 0. The van der Waals surface area contributed by atoms with Crippen LogP contribution in [0.15, 0.2) is 108 Å². The standard InChI is InChI=1S/C26H20N4O/c31-23-17-16-22(27-28-23)24-25(20-12-6-2-7-13-20)29-30(18-19-10-4-1-5-11-19)26(24)21-14-8-3-9-15-21/h1-17H,18H2,(H,28,31). The number of nitrogens with zero attached hydrogens (tertiary/aromatic N) is 3. The van der Waals surface area contributed by atoms with Crippen molar-refractivity contribution in [3.63, 3.8) is 0 Å². The lowest BCUT2D eigenvalue weighted by molar-refractivity contribution is 0.697. The van der Waals surface area contributed by atoms with Crippen LogP contribution in [-0.4, -0.2) is 20.0 Å². The van der Waals surface area contributed by atoms with Gasteiger partial charge in [-0.3, -0.25) is 9.48 Å². The van der Waals surface area contributed by atoms with Crippen LogP contribution in [0.4, 0.5) is 0 Å². The largest absolute Gasteiger partial charge is 0.268 e. The highest BCUT2D eigenvalue weighted by Crippen LogP contribution is 2.39. The Morgan fingerprint density at radius 1 is 0.710 bits per heavy atom. The maximum atomic E-state index is 11.7. The molecule has 5 rings (SSSR count). The normalized spacial score (nSPS) is 10.8. The molecule has 1 N–H and O–H groups in total. The van der Waals surface area contributed by atoms with Crippen LogP contribution in [0.5, 0.6) is 0 Å².